The molecule has 1 aliphatic rings. The molecule has 15 heavy (non-hydrogen) atoms. The third-order valence-corrected chi connectivity index (χ3v) is 2.86. The fraction of sp³-hybridized carbons (Fsp3) is 0.818. The minimum atomic E-state index is -0.920. The topological polar surface area (TPSA) is 57.6 Å². The summed E-state index contributed by atoms with van der Waals surface area (Å²) in [5.74, 6) is -0.521. The van der Waals surface area contributed by atoms with Gasteiger partial charge in [-0.2, -0.15) is 0 Å². The van der Waals surface area contributed by atoms with Crippen molar-refractivity contribution in [2.75, 3.05) is 7.05 Å². The minimum Gasteiger partial charge on any atom is -0.480 e. The lowest BCUT2D eigenvalue weighted by molar-refractivity contribution is -0.151. The number of hydrogen-bond donors (Lipinski definition) is 1. The largest absolute Gasteiger partial charge is 0.480 e. The van der Waals surface area contributed by atoms with Gasteiger partial charge < -0.3 is 10.0 Å². The van der Waals surface area contributed by atoms with E-state index in [0.29, 0.717) is 12.3 Å². The second-order valence-electron chi connectivity index (χ2n) is 4.68. The Morgan fingerprint density at radius 1 is 1.40 bits per heavy atom. The molecule has 1 saturated carbocycles. The number of carbonyl (C=O) groups is 2. The maximum absolute atomic E-state index is 11.7. The van der Waals surface area contributed by atoms with Crippen LogP contribution in [0.2, 0.25) is 0 Å². The van der Waals surface area contributed by atoms with Crippen LogP contribution in [-0.2, 0) is 9.59 Å². The zero-order valence-corrected chi connectivity index (χ0v) is 9.56. The highest BCUT2D eigenvalue weighted by molar-refractivity contribution is 5.83. The van der Waals surface area contributed by atoms with E-state index in [1.54, 1.807) is 7.05 Å². The number of nitrogens with zero attached hydrogens (tertiary/aromatic N) is 1. The van der Waals surface area contributed by atoms with E-state index in [0.717, 1.165) is 12.8 Å². The summed E-state index contributed by atoms with van der Waals surface area (Å²) in [5.41, 5.74) is 0. The Balaban J connectivity index is 2.57. The van der Waals surface area contributed by atoms with Gasteiger partial charge in [-0.3, -0.25) is 4.79 Å². The normalized spacial score (nSPS) is 17.6. The molecule has 86 valence electrons. The SMILES string of the molecule is CC(C)C(C(=O)O)N(C)C(=O)CC1CC1. The molecule has 1 fully saturated rings. The van der Waals surface area contributed by atoms with Crippen LogP contribution in [0.3, 0.4) is 0 Å². The lowest BCUT2D eigenvalue weighted by Crippen LogP contribution is -2.45. The molecule has 0 aromatic heterocycles. The molecule has 0 aromatic carbocycles. The second kappa shape index (κ2) is 4.64. The summed E-state index contributed by atoms with van der Waals surface area (Å²) < 4.78 is 0. The molecule has 1 N–H and O–H groups in total. The second-order valence-corrected chi connectivity index (χ2v) is 4.68. The van der Waals surface area contributed by atoms with Crippen LogP contribution in [0.15, 0.2) is 0 Å². The minimum absolute atomic E-state index is 0.0430. The van der Waals surface area contributed by atoms with Crippen molar-refractivity contribution < 1.29 is 14.7 Å². The van der Waals surface area contributed by atoms with E-state index in [2.05, 4.69) is 0 Å². The third-order valence-electron chi connectivity index (χ3n) is 2.86. The van der Waals surface area contributed by atoms with Crippen molar-refractivity contribution in [1.29, 1.82) is 0 Å². The molecular weight excluding hydrogens is 194 g/mol. The Kier molecular flexibility index (Phi) is 3.72. The Labute approximate surface area is 90.3 Å². The van der Waals surface area contributed by atoms with Gasteiger partial charge in [0.05, 0.1) is 0 Å². The van der Waals surface area contributed by atoms with E-state index in [1.165, 1.54) is 4.90 Å². The number of amides is 1. The van der Waals surface area contributed by atoms with E-state index in [-0.39, 0.29) is 11.8 Å². The standard InChI is InChI=1S/C11H19NO3/c1-7(2)10(11(14)15)12(3)9(13)6-8-4-5-8/h7-8,10H,4-6H2,1-3H3,(H,14,15). The molecule has 0 radical (unpaired) electrons. The average molecular weight is 213 g/mol. The van der Waals surface area contributed by atoms with Crippen LogP contribution in [-0.4, -0.2) is 35.0 Å². The van der Waals surface area contributed by atoms with E-state index < -0.39 is 12.0 Å². The smallest absolute Gasteiger partial charge is 0.326 e. The molecule has 0 aromatic rings. The number of rotatable bonds is 5. The zero-order chi connectivity index (χ0) is 11.6. The quantitative estimate of drug-likeness (QED) is 0.750. The van der Waals surface area contributed by atoms with Gasteiger partial charge in [0.1, 0.15) is 6.04 Å². The molecule has 0 heterocycles. The van der Waals surface area contributed by atoms with Crippen LogP contribution in [0.5, 0.6) is 0 Å². The van der Waals surface area contributed by atoms with Crippen molar-refractivity contribution >= 4 is 11.9 Å². The van der Waals surface area contributed by atoms with Gasteiger partial charge in [0.15, 0.2) is 0 Å². The van der Waals surface area contributed by atoms with Crippen molar-refractivity contribution in [3.05, 3.63) is 0 Å². The van der Waals surface area contributed by atoms with Crippen LogP contribution >= 0.6 is 0 Å². The number of likely N-dealkylation sites (N-methyl/N-ethyl adjacent to an activating group) is 1. The summed E-state index contributed by atoms with van der Waals surface area (Å²) >= 11 is 0. The first-order valence-corrected chi connectivity index (χ1v) is 5.42. The Hall–Kier alpha value is -1.06. The van der Waals surface area contributed by atoms with E-state index in [1.807, 2.05) is 13.8 Å². The fourth-order valence-electron chi connectivity index (χ4n) is 1.77. The number of carbonyl (C=O) groups excluding carboxylic acids is 1. The first-order valence-electron chi connectivity index (χ1n) is 5.42. The molecular formula is C11H19NO3. The predicted octanol–water partition coefficient (Wildman–Crippen LogP) is 1.35. The molecule has 4 nitrogen and oxygen atoms in total. The van der Waals surface area contributed by atoms with Gasteiger partial charge in [0.2, 0.25) is 5.91 Å². The van der Waals surface area contributed by atoms with Gasteiger partial charge in [0, 0.05) is 13.5 Å². The highest BCUT2D eigenvalue weighted by Gasteiger charge is 2.32. The predicted molar refractivity (Wildman–Crippen MR) is 56.4 cm³/mol. The number of aliphatic carboxylic acids is 1. The van der Waals surface area contributed by atoms with Crippen molar-refractivity contribution in [2.45, 2.75) is 39.2 Å². The maximum Gasteiger partial charge on any atom is 0.326 e. The fourth-order valence-corrected chi connectivity index (χ4v) is 1.77. The summed E-state index contributed by atoms with van der Waals surface area (Å²) in [6, 6.07) is -0.698. The molecule has 0 bridgehead atoms. The van der Waals surface area contributed by atoms with E-state index in [4.69, 9.17) is 5.11 Å². The van der Waals surface area contributed by atoms with Gasteiger partial charge in [-0.1, -0.05) is 13.8 Å². The molecule has 1 aliphatic carbocycles. The summed E-state index contributed by atoms with van der Waals surface area (Å²) in [6.07, 6.45) is 2.73. The number of carboxylic acids is 1. The summed E-state index contributed by atoms with van der Waals surface area (Å²) in [5, 5.41) is 9.02. The number of carboxylic acid groups (broad SMARTS) is 1. The first-order chi connectivity index (χ1) is 6.93. The lowest BCUT2D eigenvalue weighted by Gasteiger charge is -2.27. The monoisotopic (exact) mass is 213 g/mol. The van der Waals surface area contributed by atoms with Gasteiger partial charge in [-0.25, -0.2) is 4.79 Å². The maximum atomic E-state index is 11.7. The highest BCUT2D eigenvalue weighted by atomic mass is 16.4. The number of hydrogen-bond acceptors (Lipinski definition) is 2. The molecule has 1 amide bonds. The molecule has 0 spiro atoms. The van der Waals surface area contributed by atoms with Crippen molar-refractivity contribution in [3.8, 4) is 0 Å². The zero-order valence-electron chi connectivity index (χ0n) is 9.56. The van der Waals surface area contributed by atoms with Gasteiger partial charge in [-0.15, -0.1) is 0 Å². The third kappa shape index (κ3) is 3.22. The summed E-state index contributed by atoms with van der Waals surface area (Å²) in [6.45, 7) is 3.64. The van der Waals surface area contributed by atoms with E-state index in [9.17, 15) is 9.59 Å². The molecule has 1 atom stereocenters. The Bertz CT molecular complexity index is 259. The van der Waals surface area contributed by atoms with Crippen LogP contribution in [0.1, 0.15) is 33.1 Å². The molecule has 0 saturated heterocycles. The lowest BCUT2D eigenvalue weighted by atomic mass is 10.0. The van der Waals surface area contributed by atoms with Gasteiger partial charge in [0.25, 0.3) is 0 Å². The Morgan fingerprint density at radius 2 is 1.93 bits per heavy atom. The Morgan fingerprint density at radius 3 is 2.27 bits per heavy atom. The summed E-state index contributed by atoms with van der Waals surface area (Å²) in [7, 11) is 1.59. The molecule has 4 heteroatoms. The van der Waals surface area contributed by atoms with Crippen LogP contribution < -0.4 is 0 Å². The molecule has 0 aliphatic heterocycles. The van der Waals surface area contributed by atoms with Crippen LogP contribution in [0, 0.1) is 11.8 Å². The molecule has 1 rings (SSSR count). The average Bonchev–Trinajstić information content (AvgIpc) is 2.86. The first kappa shape index (κ1) is 12.0. The van der Waals surface area contributed by atoms with Crippen LogP contribution in [0.25, 0.3) is 0 Å². The summed E-state index contributed by atoms with van der Waals surface area (Å²) in [4.78, 5) is 24.1. The van der Waals surface area contributed by atoms with Crippen molar-refractivity contribution in [3.63, 3.8) is 0 Å². The van der Waals surface area contributed by atoms with Crippen molar-refractivity contribution in [2.24, 2.45) is 11.8 Å². The van der Waals surface area contributed by atoms with E-state index >= 15 is 0 Å². The van der Waals surface area contributed by atoms with Crippen molar-refractivity contribution in [1.82, 2.24) is 4.90 Å². The van der Waals surface area contributed by atoms with Gasteiger partial charge >= 0.3 is 5.97 Å². The molecule has 1 unspecified atom stereocenters. The van der Waals surface area contributed by atoms with Crippen LogP contribution in [0.4, 0.5) is 0 Å². The highest BCUT2D eigenvalue weighted by Crippen LogP contribution is 2.33. The van der Waals surface area contributed by atoms with Gasteiger partial charge in [-0.05, 0) is 24.7 Å².